The molecule has 3 aromatic rings. The Kier molecular flexibility index (Phi) is 5.21. The Labute approximate surface area is 169 Å². The zero-order chi connectivity index (χ0) is 20.4. The van der Waals surface area contributed by atoms with Gasteiger partial charge in [-0.15, -0.1) is 0 Å². The van der Waals surface area contributed by atoms with Crippen LogP contribution in [0.4, 0.5) is 0 Å². The van der Waals surface area contributed by atoms with E-state index in [1.165, 1.54) is 12.1 Å². The van der Waals surface area contributed by atoms with Crippen molar-refractivity contribution in [2.24, 2.45) is 0 Å². The molecule has 1 unspecified atom stereocenters. The summed E-state index contributed by atoms with van der Waals surface area (Å²) in [6.45, 7) is 1.89. The van der Waals surface area contributed by atoms with Crippen molar-refractivity contribution in [3.8, 4) is 5.69 Å². The van der Waals surface area contributed by atoms with Gasteiger partial charge in [0.1, 0.15) is 0 Å². The molecular weight excluding hydrogens is 388 g/mol. The topological polar surface area (TPSA) is 93.1 Å². The minimum absolute atomic E-state index is 0.0165. The van der Waals surface area contributed by atoms with Gasteiger partial charge in [0.2, 0.25) is 10.0 Å². The van der Waals surface area contributed by atoms with E-state index in [4.69, 9.17) is 0 Å². The molecule has 1 aliphatic carbocycles. The minimum Gasteiger partial charge on any atom is -0.346 e. The Balaban J connectivity index is 1.45. The van der Waals surface area contributed by atoms with Gasteiger partial charge in [-0.25, -0.2) is 18.1 Å². The summed E-state index contributed by atoms with van der Waals surface area (Å²) in [6, 6.07) is 13.7. The fourth-order valence-electron chi connectivity index (χ4n) is 3.00. The number of nitrogens with zero attached hydrogens (tertiary/aromatic N) is 2. The first kappa shape index (κ1) is 19.4. The van der Waals surface area contributed by atoms with Crippen molar-refractivity contribution in [1.82, 2.24) is 19.6 Å². The number of imidazole rings is 1. The van der Waals surface area contributed by atoms with Crippen LogP contribution in [0.15, 0.2) is 72.1 Å². The summed E-state index contributed by atoms with van der Waals surface area (Å²) in [5.74, 6) is -0.320. The van der Waals surface area contributed by atoms with Gasteiger partial charge in [-0.1, -0.05) is 18.2 Å². The number of nitrogens with one attached hydrogen (secondary N) is 2. The van der Waals surface area contributed by atoms with E-state index in [2.05, 4.69) is 15.0 Å². The monoisotopic (exact) mass is 410 g/mol. The summed E-state index contributed by atoms with van der Waals surface area (Å²) < 4.78 is 29.3. The standard InChI is InChI=1S/C21H22N4O3S/c1-15(16-5-9-19(10-6-16)25-12-11-22-14-25)23-21(26)17-3-2-4-20(13-17)29(27,28)24-18-7-8-18/h2-6,9-15,18,24H,7-8H2,1H3,(H,23,26). The van der Waals surface area contributed by atoms with E-state index in [-0.39, 0.29) is 22.9 Å². The third-order valence-electron chi connectivity index (χ3n) is 4.85. The lowest BCUT2D eigenvalue weighted by Gasteiger charge is -2.15. The number of benzene rings is 2. The molecule has 0 saturated heterocycles. The van der Waals surface area contributed by atoms with Crippen LogP contribution < -0.4 is 10.0 Å². The van der Waals surface area contributed by atoms with Crippen molar-refractivity contribution < 1.29 is 13.2 Å². The second-order valence-corrected chi connectivity index (χ2v) is 8.89. The van der Waals surface area contributed by atoms with Gasteiger partial charge in [-0.3, -0.25) is 4.79 Å². The molecule has 1 aromatic heterocycles. The Morgan fingerprint density at radius 2 is 1.93 bits per heavy atom. The molecule has 1 amide bonds. The van der Waals surface area contributed by atoms with E-state index in [9.17, 15) is 13.2 Å². The molecule has 1 fully saturated rings. The molecule has 1 atom stereocenters. The van der Waals surface area contributed by atoms with Gasteiger partial charge >= 0.3 is 0 Å². The molecule has 150 valence electrons. The summed E-state index contributed by atoms with van der Waals surface area (Å²) in [5.41, 5.74) is 2.23. The van der Waals surface area contributed by atoms with Crippen LogP contribution in [0.2, 0.25) is 0 Å². The van der Waals surface area contributed by atoms with Crippen molar-refractivity contribution in [3.63, 3.8) is 0 Å². The first-order valence-electron chi connectivity index (χ1n) is 9.44. The maximum atomic E-state index is 12.7. The summed E-state index contributed by atoms with van der Waals surface area (Å²) in [7, 11) is -3.60. The first-order valence-corrected chi connectivity index (χ1v) is 10.9. The summed E-state index contributed by atoms with van der Waals surface area (Å²) in [4.78, 5) is 16.8. The van der Waals surface area contributed by atoms with Gasteiger partial charge in [-0.2, -0.15) is 0 Å². The predicted octanol–water partition coefficient (Wildman–Crippen LogP) is 2.80. The van der Waals surface area contributed by atoms with Crippen LogP contribution in [-0.4, -0.2) is 29.9 Å². The van der Waals surface area contributed by atoms with E-state index in [0.29, 0.717) is 5.56 Å². The van der Waals surface area contributed by atoms with E-state index in [1.807, 2.05) is 42.0 Å². The highest BCUT2D eigenvalue weighted by Crippen LogP contribution is 2.23. The zero-order valence-corrected chi connectivity index (χ0v) is 16.8. The fourth-order valence-corrected chi connectivity index (χ4v) is 4.35. The van der Waals surface area contributed by atoms with Gasteiger partial charge in [0.15, 0.2) is 0 Å². The normalized spacial score (nSPS) is 15.1. The number of hydrogen-bond donors (Lipinski definition) is 2. The maximum Gasteiger partial charge on any atom is 0.251 e. The molecule has 1 aliphatic rings. The average molecular weight is 410 g/mol. The van der Waals surface area contributed by atoms with Crippen molar-refractivity contribution in [2.45, 2.75) is 36.7 Å². The van der Waals surface area contributed by atoms with E-state index in [0.717, 1.165) is 24.1 Å². The van der Waals surface area contributed by atoms with Crippen LogP contribution in [0.1, 0.15) is 41.7 Å². The Morgan fingerprint density at radius 3 is 2.59 bits per heavy atom. The van der Waals surface area contributed by atoms with Gasteiger partial charge in [0, 0.05) is 29.7 Å². The number of hydrogen-bond acceptors (Lipinski definition) is 4. The highest BCUT2D eigenvalue weighted by Gasteiger charge is 2.28. The fraction of sp³-hybridized carbons (Fsp3) is 0.238. The second kappa shape index (κ2) is 7.81. The highest BCUT2D eigenvalue weighted by atomic mass is 32.2. The molecule has 7 nitrogen and oxygen atoms in total. The van der Waals surface area contributed by atoms with Crippen LogP contribution in [0.5, 0.6) is 0 Å². The molecule has 0 radical (unpaired) electrons. The summed E-state index contributed by atoms with van der Waals surface area (Å²) in [6.07, 6.45) is 7.01. The molecule has 2 aromatic carbocycles. The molecule has 1 saturated carbocycles. The lowest BCUT2D eigenvalue weighted by molar-refractivity contribution is 0.0939. The molecule has 1 heterocycles. The molecule has 29 heavy (non-hydrogen) atoms. The predicted molar refractivity (Wildman–Crippen MR) is 109 cm³/mol. The smallest absolute Gasteiger partial charge is 0.251 e. The lowest BCUT2D eigenvalue weighted by atomic mass is 10.1. The average Bonchev–Trinajstić information content (AvgIpc) is 3.35. The van der Waals surface area contributed by atoms with Gasteiger partial charge in [0.25, 0.3) is 5.91 Å². The molecule has 0 bridgehead atoms. The van der Waals surface area contributed by atoms with Crippen molar-refractivity contribution >= 4 is 15.9 Å². The Hall–Kier alpha value is -2.97. The largest absolute Gasteiger partial charge is 0.346 e. The van der Waals surface area contributed by atoms with Crippen LogP contribution in [0.25, 0.3) is 5.69 Å². The van der Waals surface area contributed by atoms with Gasteiger partial charge in [0.05, 0.1) is 17.3 Å². The van der Waals surface area contributed by atoms with Crippen molar-refractivity contribution in [2.75, 3.05) is 0 Å². The number of carbonyl (C=O) groups excluding carboxylic acids is 1. The molecule has 0 aliphatic heterocycles. The number of amides is 1. The quantitative estimate of drug-likeness (QED) is 0.626. The summed E-state index contributed by atoms with van der Waals surface area (Å²) in [5, 5.41) is 2.93. The SMILES string of the molecule is CC(NC(=O)c1cccc(S(=O)(=O)NC2CC2)c1)c1ccc(-n2ccnc2)cc1. The molecule has 4 rings (SSSR count). The third-order valence-corrected chi connectivity index (χ3v) is 6.37. The zero-order valence-electron chi connectivity index (χ0n) is 15.9. The number of sulfonamides is 1. The van der Waals surface area contributed by atoms with E-state index >= 15 is 0 Å². The van der Waals surface area contributed by atoms with Gasteiger partial charge in [-0.05, 0) is 55.7 Å². The first-order chi connectivity index (χ1) is 13.9. The van der Waals surface area contributed by atoms with E-state index < -0.39 is 10.0 Å². The molecule has 0 spiro atoms. The van der Waals surface area contributed by atoms with E-state index in [1.54, 1.807) is 24.7 Å². The third kappa shape index (κ3) is 4.55. The number of aromatic nitrogens is 2. The van der Waals surface area contributed by atoms with Crippen LogP contribution in [-0.2, 0) is 10.0 Å². The highest BCUT2D eigenvalue weighted by molar-refractivity contribution is 7.89. The molecule has 2 N–H and O–H groups in total. The molecule has 8 heteroatoms. The number of rotatable bonds is 7. The van der Waals surface area contributed by atoms with Crippen LogP contribution >= 0.6 is 0 Å². The van der Waals surface area contributed by atoms with Crippen LogP contribution in [0.3, 0.4) is 0 Å². The van der Waals surface area contributed by atoms with Crippen molar-refractivity contribution in [1.29, 1.82) is 0 Å². The molecular formula is C21H22N4O3S. The Bertz CT molecular complexity index is 1110. The Morgan fingerprint density at radius 1 is 1.17 bits per heavy atom. The number of carbonyl (C=O) groups is 1. The lowest BCUT2D eigenvalue weighted by Crippen LogP contribution is -2.28. The second-order valence-electron chi connectivity index (χ2n) is 7.18. The van der Waals surface area contributed by atoms with Crippen molar-refractivity contribution in [3.05, 3.63) is 78.4 Å². The maximum absolute atomic E-state index is 12.7. The van der Waals surface area contributed by atoms with Gasteiger partial charge < -0.3 is 9.88 Å². The summed E-state index contributed by atoms with van der Waals surface area (Å²) >= 11 is 0. The minimum atomic E-state index is -3.60. The van der Waals surface area contributed by atoms with Crippen LogP contribution in [0, 0.1) is 0 Å².